The van der Waals surface area contributed by atoms with Gasteiger partial charge in [-0.1, -0.05) is 41.9 Å². The number of rotatable bonds is 5. The number of aromatic nitrogens is 2. The van der Waals surface area contributed by atoms with E-state index in [-0.39, 0.29) is 12.5 Å². The van der Waals surface area contributed by atoms with E-state index in [2.05, 4.69) is 10.4 Å². The van der Waals surface area contributed by atoms with E-state index in [1.807, 2.05) is 0 Å². The molecule has 3 aromatic rings. The lowest BCUT2D eigenvalue weighted by Crippen LogP contribution is -2.08. The first-order chi connectivity index (χ1) is 13.3. The second kappa shape index (κ2) is 8.31. The fourth-order valence-electron chi connectivity index (χ4n) is 2.51. The number of nitrogens with one attached hydrogen (secondary N) is 1. The molecule has 1 heterocycles. The van der Waals surface area contributed by atoms with Crippen LogP contribution in [0.4, 0.5) is 18.9 Å². The van der Waals surface area contributed by atoms with Crippen LogP contribution in [0.1, 0.15) is 16.7 Å². The molecule has 8 heteroatoms. The van der Waals surface area contributed by atoms with Crippen LogP contribution in [0.5, 0.6) is 0 Å². The molecule has 1 amide bonds. The number of halogens is 4. The quantitative estimate of drug-likeness (QED) is 0.589. The Bertz CT molecular complexity index is 1010. The van der Waals surface area contributed by atoms with Gasteiger partial charge in [0.25, 0.3) is 0 Å². The molecule has 0 spiro atoms. The minimum Gasteiger partial charge on any atom is -0.320 e. The van der Waals surface area contributed by atoms with E-state index in [1.165, 1.54) is 23.0 Å². The molecule has 144 valence electrons. The maximum atomic E-state index is 12.8. The topological polar surface area (TPSA) is 46.9 Å². The predicted molar refractivity (Wildman–Crippen MR) is 102 cm³/mol. The third kappa shape index (κ3) is 5.23. The molecule has 3 rings (SSSR count). The Kier molecular flexibility index (Phi) is 5.84. The summed E-state index contributed by atoms with van der Waals surface area (Å²) in [6, 6.07) is 12.1. The number of anilines is 1. The number of nitrogens with zero attached hydrogens (tertiary/aromatic N) is 2. The average molecular weight is 406 g/mol. The third-order valence-corrected chi connectivity index (χ3v) is 4.16. The fourth-order valence-corrected chi connectivity index (χ4v) is 2.71. The van der Waals surface area contributed by atoms with Gasteiger partial charge in [0.1, 0.15) is 0 Å². The van der Waals surface area contributed by atoms with Gasteiger partial charge in [0, 0.05) is 17.3 Å². The summed E-state index contributed by atoms with van der Waals surface area (Å²) >= 11 is 6.02. The van der Waals surface area contributed by atoms with Crippen LogP contribution >= 0.6 is 11.6 Å². The Hall–Kier alpha value is -3.06. The van der Waals surface area contributed by atoms with Crippen molar-refractivity contribution in [1.29, 1.82) is 0 Å². The van der Waals surface area contributed by atoms with Crippen LogP contribution in [-0.4, -0.2) is 15.7 Å². The molecule has 0 saturated heterocycles. The third-order valence-electron chi connectivity index (χ3n) is 3.82. The summed E-state index contributed by atoms with van der Waals surface area (Å²) in [4.78, 5) is 12.0. The summed E-state index contributed by atoms with van der Waals surface area (Å²) in [7, 11) is 0. The van der Waals surface area contributed by atoms with E-state index in [0.29, 0.717) is 21.8 Å². The van der Waals surface area contributed by atoms with E-state index in [4.69, 9.17) is 11.6 Å². The van der Waals surface area contributed by atoms with E-state index >= 15 is 0 Å². The lowest BCUT2D eigenvalue weighted by molar-refractivity contribution is -0.137. The van der Waals surface area contributed by atoms with Crippen molar-refractivity contribution in [2.75, 3.05) is 5.32 Å². The van der Waals surface area contributed by atoms with Gasteiger partial charge in [-0.15, -0.1) is 0 Å². The summed E-state index contributed by atoms with van der Waals surface area (Å²) in [5, 5.41) is 7.23. The largest absolute Gasteiger partial charge is 0.416 e. The zero-order valence-electron chi connectivity index (χ0n) is 14.4. The molecule has 4 nitrogen and oxygen atoms in total. The van der Waals surface area contributed by atoms with E-state index in [1.54, 1.807) is 42.6 Å². The van der Waals surface area contributed by atoms with Crippen LogP contribution in [0.3, 0.4) is 0 Å². The van der Waals surface area contributed by atoms with Crippen LogP contribution in [0, 0.1) is 0 Å². The summed E-state index contributed by atoms with van der Waals surface area (Å²) in [5.41, 5.74) is 0.880. The van der Waals surface area contributed by atoms with Crippen LogP contribution < -0.4 is 5.32 Å². The number of alkyl halides is 3. The standard InChI is InChI=1S/C20H15ClF3N3O/c21-18-7-2-1-5-15(18)8-9-19(28)26-17-11-25-27(13-17)12-14-4-3-6-16(10-14)20(22,23)24/h1-11,13H,12H2,(H,26,28)/b9-8+. The molecule has 0 saturated carbocycles. The lowest BCUT2D eigenvalue weighted by atomic mass is 10.1. The van der Waals surface area contributed by atoms with E-state index < -0.39 is 11.7 Å². The van der Waals surface area contributed by atoms with Gasteiger partial charge in [-0.3, -0.25) is 9.48 Å². The molecule has 0 atom stereocenters. The van der Waals surface area contributed by atoms with Crippen molar-refractivity contribution in [3.05, 3.63) is 88.7 Å². The Labute approximate surface area is 164 Å². The highest BCUT2D eigenvalue weighted by Gasteiger charge is 2.30. The van der Waals surface area contributed by atoms with Gasteiger partial charge < -0.3 is 5.32 Å². The van der Waals surface area contributed by atoms with E-state index in [9.17, 15) is 18.0 Å². The minimum absolute atomic E-state index is 0.148. The Morgan fingerprint density at radius 2 is 1.96 bits per heavy atom. The number of benzene rings is 2. The van der Waals surface area contributed by atoms with Crippen molar-refractivity contribution in [1.82, 2.24) is 9.78 Å². The normalized spacial score (nSPS) is 11.7. The number of hydrogen-bond donors (Lipinski definition) is 1. The smallest absolute Gasteiger partial charge is 0.320 e. The Balaban J connectivity index is 1.63. The minimum atomic E-state index is -4.40. The summed E-state index contributed by atoms with van der Waals surface area (Å²) in [6.07, 6.45) is 1.50. The zero-order chi connectivity index (χ0) is 20.1. The molecule has 0 aliphatic heterocycles. The van der Waals surface area contributed by atoms with Crippen LogP contribution in [-0.2, 0) is 17.5 Å². The summed E-state index contributed by atoms with van der Waals surface area (Å²) in [6.45, 7) is 0.148. The summed E-state index contributed by atoms with van der Waals surface area (Å²) < 4.78 is 39.8. The second-order valence-electron chi connectivity index (χ2n) is 5.97. The molecular formula is C20H15ClF3N3O. The molecule has 2 aromatic carbocycles. The molecule has 28 heavy (non-hydrogen) atoms. The van der Waals surface area contributed by atoms with Crippen molar-refractivity contribution in [2.24, 2.45) is 0 Å². The van der Waals surface area contributed by atoms with Crippen LogP contribution in [0.2, 0.25) is 5.02 Å². The number of hydrogen-bond acceptors (Lipinski definition) is 2. The SMILES string of the molecule is O=C(/C=C/c1ccccc1Cl)Nc1cnn(Cc2cccc(C(F)(F)F)c2)c1. The highest BCUT2D eigenvalue weighted by Crippen LogP contribution is 2.29. The Morgan fingerprint density at radius 3 is 2.71 bits per heavy atom. The number of carbonyl (C=O) groups excluding carboxylic acids is 1. The lowest BCUT2D eigenvalue weighted by Gasteiger charge is -2.08. The fraction of sp³-hybridized carbons (Fsp3) is 0.100. The van der Waals surface area contributed by atoms with Gasteiger partial charge in [-0.05, 0) is 35.4 Å². The maximum Gasteiger partial charge on any atom is 0.416 e. The van der Waals surface area contributed by atoms with Gasteiger partial charge in [0.05, 0.1) is 24.0 Å². The molecular weight excluding hydrogens is 391 g/mol. The number of carbonyl (C=O) groups is 1. The molecule has 0 aliphatic rings. The first-order valence-corrected chi connectivity index (χ1v) is 8.61. The monoisotopic (exact) mass is 405 g/mol. The van der Waals surface area contributed by atoms with E-state index in [0.717, 1.165) is 12.1 Å². The van der Waals surface area contributed by atoms with Crippen molar-refractivity contribution in [3.8, 4) is 0 Å². The Morgan fingerprint density at radius 1 is 1.18 bits per heavy atom. The van der Waals surface area contributed by atoms with Crippen molar-refractivity contribution in [2.45, 2.75) is 12.7 Å². The second-order valence-corrected chi connectivity index (χ2v) is 6.38. The van der Waals surface area contributed by atoms with Gasteiger partial charge in [0.15, 0.2) is 0 Å². The van der Waals surface area contributed by atoms with Crippen molar-refractivity contribution in [3.63, 3.8) is 0 Å². The predicted octanol–water partition coefficient (Wildman–Crippen LogP) is 5.26. The first kappa shape index (κ1) is 19.7. The van der Waals surface area contributed by atoms with Crippen LogP contribution in [0.15, 0.2) is 67.0 Å². The zero-order valence-corrected chi connectivity index (χ0v) is 15.2. The van der Waals surface area contributed by atoms with Crippen molar-refractivity contribution >= 4 is 29.3 Å². The molecule has 1 N–H and O–H groups in total. The maximum absolute atomic E-state index is 12.8. The van der Waals surface area contributed by atoms with Gasteiger partial charge in [-0.2, -0.15) is 18.3 Å². The molecule has 0 aliphatic carbocycles. The molecule has 0 bridgehead atoms. The van der Waals surface area contributed by atoms with Crippen molar-refractivity contribution < 1.29 is 18.0 Å². The highest BCUT2D eigenvalue weighted by atomic mass is 35.5. The number of amides is 1. The average Bonchev–Trinajstić information content (AvgIpc) is 3.07. The molecule has 0 unspecified atom stereocenters. The molecule has 0 radical (unpaired) electrons. The highest BCUT2D eigenvalue weighted by molar-refractivity contribution is 6.32. The van der Waals surface area contributed by atoms with Gasteiger partial charge in [0.2, 0.25) is 5.91 Å². The molecule has 1 aromatic heterocycles. The van der Waals surface area contributed by atoms with Gasteiger partial charge >= 0.3 is 6.18 Å². The van der Waals surface area contributed by atoms with Gasteiger partial charge in [-0.25, -0.2) is 0 Å². The first-order valence-electron chi connectivity index (χ1n) is 8.23. The summed E-state index contributed by atoms with van der Waals surface area (Å²) in [5.74, 6) is -0.376. The van der Waals surface area contributed by atoms with Crippen LogP contribution in [0.25, 0.3) is 6.08 Å². The molecule has 0 fully saturated rings.